The molecule has 0 spiro atoms. The molecule has 0 aliphatic rings. The van der Waals surface area contributed by atoms with Crippen LogP contribution in [0.1, 0.15) is 13.8 Å². The van der Waals surface area contributed by atoms with Crippen LogP contribution < -0.4 is 15.9 Å². The molecule has 0 bridgehead atoms. The molecule has 0 amide bonds. The van der Waals surface area contributed by atoms with Gasteiger partial charge in [0.25, 0.3) is 0 Å². The van der Waals surface area contributed by atoms with Gasteiger partial charge in [-0.25, -0.2) is 4.98 Å². The summed E-state index contributed by atoms with van der Waals surface area (Å²) >= 11 is 3.59. The van der Waals surface area contributed by atoms with Crippen molar-refractivity contribution in [2.45, 2.75) is 25.3 Å². The summed E-state index contributed by atoms with van der Waals surface area (Å²) in [6, 6.07) is 40.4. The average molecular weight is 832 g/mol. The van der Waals surface area contributed by atoms with Crippen LogP contribution in [0.25, 0.3) is 0 Å². The Labute approximate surface area is 295 Å². The van der Waals surface area contributed by atoms with Crippen LogP contribution in [0.2, 0.25) is 0 Å². The first-order valence-electron chi connectivity index (χ1n) is 13.7. The molecule has 5 aromatic rings. The molecule has 0 radical (unpaired) electrons. The number of hydrogen-bond donors (Lipinski definition) is 0. The molecule has 258 valence electrons. The molecular formula is C32H31ClF6N4OP2RuS. The SMILES string of the molecule is CCSc1ccccc1N=Nc1nccn1CC.F[P-](F)(F)(F)(F)F.[C-]#[O+].[Cl][Ru+].c1ccc(P(c2ccccc2)c2ccccc2)cc1. The molecule has 0 fully saturated rings. The van der Waals surface area contributed by atoms with E-state index in [0.717, 1.165) is 22.9 Å². The van der Waals surface area contributed by atoms with Gasteiger partial charge in [-0.1, -0.05) is 110 Å². The van der Waals surface area contributed by atoms with E-state index in [4.69, 9.17) is 4.65 Å². The number of nitrogens with zero attached hydrogens (tertiary/aromatic N) is 4. The van der Waals surface area contributed by atoms with Crippen molar-refractivity contribution in [2.75, 3.05) is 5.75 Å². The maximum Gasteiger partial charge on any atom is -0.0134 e. The third kappa shape index (κ3) is 18.6. The van der Waals surface area contributed by atoms with Gasteiger partial charge in [0.1, 0.15) is 0 Å². The molecule has 5 nitrogen and oxygen atoms in total. The molecule has 5 rings (SSSR count). The van der Waals surface area contributed by atoms with Crippen molar-refractivity contribution in [3.63, 3.8) is 0 Å². The van der Waals surface area contributed by atoms with Crippen molar-refractivity contribution in [2.24, 2.45) is 10.2 Å². The zero-order chi connectivity index (χ0) is 36.1. The second kappa shape index (κ2) is 20.6. The molecule has 0 saturated carbocycles. The Morgan fingerprint density at radius 3 is 1.52 bits per heavy atom. The van der Waals surface area contributed by atoms with Crippen LogP contribution in [0.5, 0.6) is 0 Å². The van der Waals surface area contributed by atoms with E-state index in [0.29, 0.717) is 5.95 Å². The normalized spacial score (nSPS) is 11.9. The zero-order valence-electron chi connectivity index (χ0n) is 25.5. The molecule has 0 saturated heterocycles. The van der Waals surface area contributed by atoms with Gasteiger partial charge in [-0.3, -0.25) is 0 Å². The number of rotatable bonds is 8. The van der Waals surface area contributed by atoms with Crippen molar-refractivity contribution in [3.05, 3.63) is 134 Å². The summed E-state index contributed by atoms with van der Waals surface area (Å²) in [7, 11) is -6.53. The summed E-state index contributed by atoms with van der Waals surface area (Å²) in [6.45, 7) is 9.53. The van der Waals surface area contributed by atoms with E-state index < -0.39 is 15.7 Å². The smallest absolute Gasteiger partial charge is 0.0134 e. The van der Waals surface area contributed by atoms with Gasteiger partial charge in [-0.15, -0.1) is 22.0 Å². The summed E-state index contributed by atoms with van der Waals surface area (Å²) in [5.74, 6) is 1.67. The largest absolute Gasteiger partial charge is 0.0622 e. The number of benzene rings is 4. The summed E-state index contributed by atoms with van der Waals surface area (Å²) in [5, 5.41) is 12.7. The van der Waals surface area contributed by atoms with Gasteiger partial charge < -0.3 is 4.57 Å². The van der Waals surface area contributed by atoms with Crippen LogP contribution in [-0.2, 0) is 28.5 Å². The van der Waals surface area contributed by atoms with Crippen LogP contribution in [-0.4, -0.2) is 15.3 Å². The molecule has 1 aromatic heterocycles. The van der Waals surface area contributed by atoms with Crippen molar-refractivity contribution < 1.29 is 47.1 Å². The fraction of sp³-hybridized carbons (Fsp3) is 0.125. The van der Waals surface area contributed by atoms with Crippen LogP contribution in [0.3, 0.4) is 0 Å². The van der Waals surface area contributed by atoms with Crippen LogP contribution in [0.15, 0.2) is 143 Å². The zero-order valence-corrected chi connectivity index (χ0v) is 30.6. The van der Waals surface area contributed by atoms with Crippen LogP contribution in [0.4, 0.5) is 36.8 Å². The predicted molar refractivity (Wildman–Crippen MR) is 183 cm³/mol. The molecular weight excluding hydrogens is 801 g/mol. The minimum atomic E-state index is -10.7. The van der Waals surface area contributed by atoms with Crippen LogP contribution >= 0.6 is 37.2 Å². The Bertz CT molecular complexity index is 1570. The fourth-order valence-electron chi connectivity index (χ4n) is 3.75. The van der Waals surface area contributed by atoms with Gasteiger partial charge in [0.05, 0.1) is 5.69 Å². The Morgan fingerprint density at radius 1 is 0.729 bits per heavy atom. The third-order valence-electron chi connectivity index (χ3n) is 5.49. The number of aryl methyl sites for hydroxylation is 1. The number of azo groups is 1. The molecule has 16 heteroatoms. The topological polar surface area (TPSA) is 62.4 Å². The minimum Gasteiger partial charge on any atom is -0.0622 e. The average Bonchev–Trinajstić information content (AvgIpc) is 3.55. The van der Waals surface area contributed by atoms with Gasteiger partial charge >= 0.3 is 71.3 Å². The first kappa shape index (κ1) is 43.2. The molecule has 0 atom stereocenters. The van der Waals surface area contributed by atoms with Gasteiger partial charge in [0.15, 0.2) is 0 Å². The van der Waals surface area contributed by atoms with Crippen LogP contribution in [0, 0.1) is 6.65 Å². The number of thioether (sulfide) groups is 1. The Hall–Kier alpha value is -2.87. The van der Waals surface area contributed by atoms with Gasteiger partial charge in [0.2, 0.25) is 5.95 Å². The maximum absolute atomic E-state index is 10.7. The Kier molecular flexibility index (Phi) is 18.5. The Balaban J connectivity index is 0.000000371. The summed E-state index contributed by atoms with van der Waals surface area (Å²) in [4.78, 5) is 5.32. The first-order valence-corrected chi connectivity index (χ1v) is 20.3. The molecule has 0 unspecified atom stereocenters. The van der Waals surface area contributed by atoms with E-state index in [1.165, 1.54) is 15.9 Å². The maximum atomic E-state index is 9.87. The first-order chi connectivity index (χ1) is 22.7. The Morgan fingerprint density at radius 2 is 1.12 bits per heavy atom. The van der Waals surface area contributed by atoms with Crippen molar-refractivity contribution >= 4 is 64.7 Å². The third-order valence-corrected chi connectivity index (χ3v) is 8.88. The summed E-state index contributed by atoms with van der Waals surface area (Å²) < 4.78 is 68.7. The van der Waals surface area contributed by atoms with Gasteiger partial charge in [0, 0.05) is 23.8 Å². The minimum absolute atomic E-state index is 0.446. The van der Waals surface area contributed by atoms with E-state index >= 15 is 0 Å². The van der Waals surface area contributed by atoms with Crippen molar-refractivity contribution in [1.29, 1.82) is 0 Å². The van der Waals surface area contributed by atoms with Gasteiger partial charge in [-0.2, -0.15) is 0 Å². The van der Waals surface area contributed by atoms with E-state index in [9.17, 15) is 25.2 Å². The monoisotopic (exact) mass is 832 g/mol. The molecule has 4 aromatic carbocycles. The molecule has 48 heavy (non-hydrogen) atoms. The number of hydrogen-bond acceptors (Lipinski definition) is 4. The molecule has 0 aliphatic carbocycles. The second-order valence-electron chi connectivity index (χ2n) is 8.91. The van der Waals surface area contributed by atoms with Gasteiger partial charge in [-0.05, 0) is 48.6 Å². The van der Waals surface area contributed by atoms with E-state index in [2.05, 4.69) is 142 Å². The summed E-state index contributed by atoms with van der Waals surface area (Å²) in [5.41, 5.74) is 0.898. The standard InChI is InChI=1S/C18H15P.C13H16N4S.CO.ClH.F6P.Ru/c1-4-10-16(11-5-1)19(17-12-6-2-7-13-17)18-14-8-3-9-15-18;1-3-17-10-9-14-13(17)16-15-11-7-5-6-8-12(11)18-4-2;1-2;;1-7(2,3,4,5)6;/h1-15H;5-10H,3-4H2,1-2H3;;1H;;/q;;;;-1;+2/p-1. The number of halogens is 7. The molecule has 1 heterocycles. The van der Waals surface area contributed by atoms with E-state index in [1.807, 2.05) is 46.3 Å². The number of aromatic nitrogens is 2. The fourth-order valence-corrected chi connectivity index (χ4v) is 6.79. The van der Waals surface area contributed by atoms with Crippen molar-refractivity contribution in [1.82, 2.24) is 9.55 Å². The van der Waals surface area contributed by atoms with E-state index in [1.54, 1.807) is 18.0 Å². The summed E-state index contributed by atoms with van der Waals surface area (Å²) in [6.07, 6.45) is 3.64. The molecule has 0 aliphatic heterocycles. The molecule has 0 N–H and O–H groups in total. The second-order valence-corrected chi connectivity index (χ2v) is 14.4. The quantitative estimate of drug-likeness (QED) is 0.0297. The predicted octanol–water partition coefficient (Wildman–Crippen LogP) is 11.9. The van der Waals surface area contributed by atoms with Crippen molar-refractivity contribution in [3.8, 4) is 0 Å². The number of imidazole rings is 1. The van der Waals surface area contributed by atoms with E-state index in [-0.39, 0.29) is 0 Å².